The van der Waals surface area contributed by atoms with Crippen LogP contribution >= 0.6 is 23.2 Å². The number of aryl methyl sites for hydroxylation is 1. The molecule has 23 heavy (non-hydrogen) atoms. The van der Waals surface area contributed by atoms with E-state index in [2.05, 4.69) is 5.32 Å². The zero-order chi connectivity index (χ0) is 16.6. The van der Waals surface area contributed by atoms with Gasteiger partial charge in [-0.1, -0.05) is 35.3 Å². The molecule has 1 heterocycles. The maximum atomic E-state index is 12.5. The molecule has 0 atom stereocenters. The number of nitrogens with one attached hydrogen (secondary N) is 1. The van der Waals surface area contributed by atoms with Crippen molar-refractivity contribution < 1.29 is 4.79 Å². The number of para-hydroxylation sites is 1. The lowest BCUT2D eigenvalue weighted by Crippen LogP contribution is -2.23. The molecule has 1 N–H and O–H groups in total. The van der Waals surface area contributed by atoms with Crippen molar-refractivity contribution in [1.82, 2.24) is 4.57 Å². The van der Waals surface area contributed by atoms with E-state index in [1.54, 1.807) is 35.9 Å². The zero-order valence-corrected chi connectivity index (χ0v) is 13.7. The Hall–Kier alpha value is -2.30. The van der Waals surface area contributed by atoms with Crippen molar-refractivity contribution >= 4 is 45.7 Å². The monoisotopic (exact) mass is 346 g/mol. The summed E-state index contributed by atoms with van der Waals surface area (Å²) in [4.78, 5) is 25.0. The molecule has 1 amide bonds. The third-order valence-corrected chi connectivity index (χ3v) is 4.07. The van der Waals surface area contributed by atoms with Gasteiger partial charge in [0.05, 0.1) is 16.2 Å². The third-order valence-electron chi connectivity index (χ3n) is 3.52. The molecule has 0 saturated heterocycles. The quantitative estimate of drug-likeness (QED) is 0.759. The number of fused-ring (bicyclic) bond motifs is 1. The van der Waals surface area contributed by atoms with Crippen LogP contribution in [0.3, 0.4) is 0 Å². The van der Waals surface area contributed by atoms with Crippen LogP contribution in [0.15, 0.2) is 53.5 Å². The molecule has 0 spiro atoms. The van der Waals surface area contributed by atoms with Gasteiger partial charge in [0.25, 0.3) is 5.91 Å². The molecule has 0 bridgehead atoms. The third kappa shape index (κ3) is 2.96. The number of aromatic nitrogens is 1. The molecule has 3 aromatic rings. The highest BCUT2D eigenvalue weighted by atomic mass is 35.5. The molecule has 0 saturated carbocycles. The average Bonchev–Trinajstić information content (AvgIpc) is 2.53. The number of carbonyl (C=O) groups is 1. The SMILES string of the molecule is Cn1cc(C(=O)Nc2ccc(Cl)cc2Cl)c(=O)c2ccccc21. The van der Waals surface area contributed by atoms with Crippen LogP contribution < -0.4 is 10.7 Å². The van der Waals surface area contributed by atoms with Crippen molar-refractivity contribution in [3.05, 3.63) is 74.5 Å². The minimum Gasteiger partial charge on any atom is -0.350 e. The molecule has 0 aliphatic heterocycles. The Labute approximate surface area is 142 Å². The van der Waals surface area contributed by atoms with Crippen LogP contribution in [-0.4, -0.2) is 10.5 Å². The second-order valence-corrected chi connectivity index (χ2v) is 5.92. The van der Waals surface area contributed by atoms with Crippen LogP contribution in [0.1, 0.15) is 10.4 Å². The summed E-state index contributed by atoms with van der Waals surface area (Å²) >= 11 is 11.9. The van der Waals surface area contributed by atoms with Crippen LogP contribution in [-0.2, 0) is 7.05 Å². The van der Waals surface area contributed by atoms with Crippen LogP contribution in [0.25, 0.3) is 10.9 Å². The van der Waals surface area contributed by atoms with Gasteiger partial charge < -0.3 is 9.88 Å². The van der Waals surface area contributed by atoms with Crippen LogP contribution in [0.4, 0.5) is 5.69 Å². The summed E-state index contributed by atoms with van der Waals surface area (Å²) < 4.78 is 1.75. The lowest BCUT2D eigenvalue weighted by Gasteiger charge is -2.10. The van der Waals surface area contributed by atoms with E-state index in [0.717, 1.165) is 5.52 Å². The second-order valence-electron chi connectivity index (χ2n) is 5.08. The number of anilines is 1. The number of pyridine rings is 1. The molecule has 3 rings (SSSR count). The van der Waals surface area contributed by atoms with Crippen molar-refractivity contribution in [2.24, 2.45) is 7.05 Å². The van der Waals surface area contributed by atoms with Gasteiger partial charge in [-0.25, -0.2) is 0 Å². The van der Waals surface area contributed by atoms with Crippen LogP contribution in [0, 0.1) is 0 Å². The molecule has 2 aromatic carbocycles. The number of halogens is 2. The van der Waals surface area contributed by atoms with Crippen molar-refractivity contribution in [2.45, 2.75) is 0 Å². The average molecular weight is 347 g/mol. The highest BCUT2D eigenvalue weighted by Crippen LogP contribution is 2.25. The first-order valence-electron chi connectivity index (χ1n) is 6.82. The van der Waals surface area contributed by atoms with Gasteiger partial charge in [0.1, 0.15) is 5.56 Å². The van der Waals surface area contributed by atoms with Gasteiger partial charge in [-0.2, -0.15) is 0 Å². The smallest absolute Gasteiger partial charge is 0.261 e. The second kappa shape index (κ2) is 6.07. The van der Waals surface area contributed by atoms with Gasteiger partial charge in [-0.05, 0) is 30.3 Å². The van der Waals surface area contributed by atoms with Gasteiger partial charge in [0.2, 0.25) is 5.43 Å². The summed E-state index contributed by atoms with van der Waals surface area (Å²) in [5, 5.41) is 3.91. The molecule has 0 unspecified atom stereocenters. The Kier molecular flexibility index (Phi) is 4.11. The van der Waals surface area contributed by atoms with E-state index in [-0.39, 0.29) is 11.0 Å². The van der Waals surface area contributed by atoms with Gasteiger partial charge in [-0.3, -0.25) is 9.59 Å². The Morgan fingerprint density at radius 3 is 2.61 bits per heavy atom. The summed E-state index contributed by atoms with van der Waals surface area (Å²) in [6.45, 7) is 0. The Morgan fingerprint density at radius 2 is 1.87 bits per heavy atom. The largest absolute Gasteiger partial charge is 0.350 e. The molecule has 0 aliphatic rings. The van der Waals surface area contributed by atoms with Gasteiger partial charge >= 0.3 is 0 Å². The fourth-order valence-corrected chi connectivity index (χ4v) is 2.84. The lowest BCUT2D eigenvalue weighted by atomic mass is 10.1. The molecule has 6 heteroatoms. The highest BCUT2D eigenvalue weighted by Gasteiger charge is 2.15. The summed E-state index contributed by atoms with van der Waals surface area (Å²) in [5.74, 6) is -0.513. The molecule has 1 aromatic heterocycles. The van der Waals surface area contributed by atoms with E-state index in [0.29, 0.717) is 21.1 Å². The minimum atomic E-state index is -0.513. The maximum absolute atomic E-state index is 12.5. The molecular weight excluding hydrogens is 335 g/mol. The fraction of sp³-hybridized carbons (Fsp3) is 0.0588. The van der Waals surface area contributed by atoms with E-state index in [1.807, 2.05) is 12.1 Å². The first-order chi connectivity index (χ1) is 11.0. The zero-order valence-electron chi connectivity index (χ0n) is 12.1. The number of benzene rings is 2. The molecule has 0 radical (unpaired) electrons. The predicted molar refractivity (Wildman–Crippen MR) is 93.6 cm³/mol. The minimum absolute atomic E-state index is 0.0530. The number of hydrogen-bond acceptors (Lipinski definition) is 2. The summed E-state index contributed by atoms with van der Waals surface area (Å²) in [6.07, 6.45) is 1.52. The molecule has 116 valence electrons. The Balaban J connectivity index is 2.04. The predicted octanol–water partition coefficient (Wildman–Crippen LogP) is 4.10. The normalized spacial score (nSPS) is 10.7. The van der Waals surface area contributed by atoms with Crippen molar-refractivity contribution in [3.8, 4) is 0 Å². The standard InChI is InChI=1S/C17H12Cl2N2O2/c1-21-9-12(16(22)11-4-2-3-5-15(11)21)17(23)20-14-7-6-10(18)8-13(14)19/h2-9H,1H3,(H,20,23). The van der Waals surface area contributed by atoms with Gasteiger partial charge in [0.15, 0.2) is 0 Å². The summed E-state index contributed by atoms with van der Waals surface area (Å²) in [6, 6.07) is 11.9. The van der Waals surface area contributed by atoms with Gasteiger partial charge in [0, 0.05) is 23.7 Å². The summed E-state index contributed by atoms with van der Waals surface area (Å²) in [7, 11) is 1.79. The van der Waals surface area contributed by atoms with Crippen molar-refractivity contribution in [1.29, 1.82) is 0 Å². The van der Waals surface area contributed by atoms with E-state index < -0.39 is 5.91 Å². The Bertz CT molecular complexity index is 980. The number of nitrogens with zero attached hydrogens (tertiary/aromatic N) is 1. The van der Waals surface area contributed by atoms with E-state index >= 15 is 0 Å². The number of rotatable bonds is 2. The van der Waals surface area contributed by atoms with E-state index in [9.17, 15) is 9.59 Å². The van der Waals surface area contributed by atoms with Crippen molar-refractivity contribution in [3.63, 3.8) is 0 Å². The van der Waals surface area contributed by atoms with Crippen LogP contribution in [0.2, 0.25) is 10.0 Å². The van der Waals surface area contributed by atoms with Gasteiger partial charge in [-0.15, -0.1) is 0 Å². The lowest BCUT2D eigenvalue weighted by molar-refractivity contribution is 0.102. The first kappa shape index (κ1) is 15.6. The van der Waals surface area contributed by atoms with E-state index in [1.165, 1.54) is 12.3 Å². The molecular formula is C17H12Cl2N2O2. The van der Waals surface area contributed by atoms with Crippen LogP contribution in [0.5, 0.6) is 0 Å². The number of amides is 1. The molecule has 0 fully saturated rings. The van der Waals surface area contributed by atoms with Crippen molar-refractivity contribution in [2.75, 3.05) is 5.32 Å². The Morgan fingerprint density at radius 1 is 1.13 bits per heavy atom. The number of carbonyl (C=O) groups excluding carboxylic acids is 1. The van der Waals surface area contributed by atoms with E-state index in [4.69, 9.17) is 23.2 Å². The highest BCUT2D eigenvalue weighted by molar-refractivity contribution is 6.36. The molecule has 0 aliphatic carbocycles. The maximum Gasteiger partial charge on any atom is 0.261 e. The first-order valence-corrected chi connectivity index (χ1v) is 7.58. The molecule has 4 nitrogen and oxygen atoms in total. The topological polar surface area (TPSA) is 51.1 Å². The summed E-state index contributed by atoms with van der Waals surface area (Å²) in [5.41, 5.74) is 0.897. The fourth-order valence-electron chi connectivity index (χ4n) is 2.38. The number of hydrogen-bond donors (Lipinski definition) is 1.